The quantitative estimate of drug-likeness (QED) is 0.836. The molecule has 0 amide bonds. The van der Waals surface area contributed by atoms with Gasteiger partial charge in [0.15, 0.2) is 17.3 Å². The van der Waals surface area contributed by atoms with E-state index < -0.39 is 23.3 Å². The lowest BCUT2D eigenvalue weighted by Gasteiger charge is -2.13. The van der Waals surface area contributed by atoms with E-state index in [-0.39, 0.29) is 17.9 Å². The Hall–Kier alpha value is -1.72. The maximum Gasteiger partial charge on any atom is 0.416 e. The molecular weight excluding hydrogens is 237 g/mol. The minimum Gasteiger partial charge on any atom is -0.504 e. The van der Waals surface area contributed by atoms with Crippen molar-refractivity contribution in [2.45, 2.75) is 20.0 Å². The van der Waals surface area contributed by atoms with Crippen molar-refractivity contribution in [3.63, 3.8) is 0 Å². The Morgan fingerprint density at radius 1 is 1.41 bits per heavy atom. The molecule has 0 bridgehead atoms. The molecule has 94 valence electrons. The predicted molar refractivity (Wildman–Crippen MR) is 54.3 cm³/mol. The zero-order valence-electron chi connectivity index (χ0n) is 9.26. The van der Waals surface area contributed by atoms with Gasteiger partial charge in [-0.25, -0.2) is 0 Å². The van der Waals surface area contributed by atoms with E-state index in [9.17, 15) is 23.1 Å². The second kappa shape index (κ2) is 4.65. The topological polar surface area (TPSA) is 46.5 Å². The van der Waals surface area contributed by atoms with E-state index in [0.29, 0.717) is 12.1 Å². The molecule has 0 atom stereocenters. The second-order valence-corrected chi connectivity index (χ2v) is 3.36. The molecule has 0 aliphatic carbocycles. The van der Waals surface area contributed by atoms with Gasteiger partial charge in [-0.3, -0.25) is 4.79 Å². The fraction of sp³-hybridized carbons (Fsp3) is 0.364. The molecule has 0 fully saturated rings. The van der Waals surface area contributed by atoms with E-state index in [1.165, 1.54) is 0 Å². The van der Waals surface area contributed by atoms with Crippen molar-refractivity contribution in [2.75, 3.05) is 6.61 Å². The molecule has 1 aromatic carbocycles. The highest BCUT2D eigenvalue weighted by Crippen LogP contribution is 2.38. The van der Waals surface area contributed by atoms with Gasteiger partial charge in [-0.15, -0.1) is 0 Å². The van der Waals surface area contributed by atoms with Crippen molar-refractivity contribution < 1.29 is 27.8 Å². The summed E-state index contributed by atoms with van der Waals surface area (Å²) < 4.78 is 42.4. The SMILES string of the molecule is CCOc1c(O)cc(C(F)(F)F)cc1C(C)=O. The van der Waals surface area contributed by atoms with Crippen molar-refractivity contribution in [3.05, 3.63) is 23.3 Å². The number of hydrogen-bond acceptors (Lipinski definition) is 3. The lowest BCUT2D eigenvalue weighted by Crippen LogP contribution is -2.09. The van der Waals surface area contributed by atoms with Crippen LogP contribution in [0.25, 0.3) is 0 Å². The molecule has 0 aliphatic rings. The molecule has 0 unspecified atom stereocenters. The van der Waals surface area contributed by atoms with Crippen LogP contribution in [-0.4, -0.2) is 17.5 Å². The summed E-state index contributed by atoms with van der Waals surface area (Å²) in [6.45, 7) is 2.84. The van der Waals surface area contributed by atoms with Gasteiger partial charge in [0.2, 0.25) is 0 Å². The lowest BCUT2D eigenvalue weighted by molar-refractivity contribution is -0.137. The molecule has 0 aromatic heterocycles. The van der Waals surface area contributed by atoms with Crippen LogP contribution in [0.4, 0.5) is 13.2 Å². The van der Waals surface area contributed by atoms with E-state index in [1.54, 1.807) is 6.92 Å². The summed E-state index contributed by atoms with van der Waals surface area (Å²) in [5.74, 6) is -1.50. The summed E-state index contributed by atoms with van der Waals surface area (Å²) in [7, 11) is 0. The van der Waals surface area contributed by atoms with E-state index in [4.69, 9.17) is 4.74 Å². The van der Waals surface area contributed by atoms with Crippen LogP contribution in [0.15, 0.2) is 12.1 Å². The van der Waals surface area contributed by atoms with Crippen molar-refractivity contribution in [3.8, 4) is 11.5 Å². The maximum absolute atomic E-state index is 12.5. The zero-order valence-corrected chi connectivity index (χ0v) is 9.26. The molecule has 1 N–H and O–H groups in total. The molecule has 0 spiro atoms. The Bertz CT molecular complexity index is 438. The van der Waals surface area contributed by atoms with Gasteiger partial charge in [0.1, 0.15) is 0 Å². The van der Waals surface area contributed by atoms with Crippen LogP contribution in [0.5, 0.6) is 11.5 Å². The number of Topliss-reactive ketones (excluding diaryl/α,β-unsaturated/α-hetero) is 1. The van der Waals surface area contributed by atoms with Crippen LogP contribution in [0.3, 0.4) is 0 Å². The van der Waals surface area contributed by atoms with Crippen LogP contribution in [0, 0.1) is 0 Å². The summed E-state index contributed by atoms with van der Waals surface area (Å²) in [4.78, 5) is 11.2. The van der Waals surface area contributed by atoms with Gasteiger partial charge in [0.25, 0.3) is 0 Å². The van der Waals surface area contributed by atoms with Crippen molar-refractivity contribution in [1.29, 1.82) is 0 Å². The number of aromatic hydroxyl groups is 1. The van der Waals surface area contributed by atoms with Gasteiger partial charge in [0, 0.05) is 0 Å². The standard InChI is InChI=1S/C11H11F3O3/c1-3-17-10-8(6(2)15)4-7(5-9(10)16)11(12,13)14/h4-5,16H,3H2,1-2H3. The number of rotatable bonds is 3. The molecule has 1 rings (SSSR count). The van der Waals surface area contributed by atoms with Crippen LogP contribution in [0.1, 0.15) is 29.8 Å². The molecule has 1 aromatic rings. The highest BCUT2D eigenvalue weighted by molar-refractivity contribution is 5.98. The van der Waals surface area contributed by atoms with Crippen LogP contribution < -0.4 is 4.74 Å². The highest BCUT2D eigenvalue weighted by Gasteiger charge is 2.33. The van der Waals surface area contributed by atoms with E-state index in [0.717, 1.165) is 6.92 Å². The molecule has 0 saturated carbocycles. The number of alkyl halides is 3. The monoisotopic (exact) mass is 248 g/mol. The smallest absolute Gasteiger partial charge is 0.416 e. The summed E-state index contributed by atoms with van der Waals surface area (Å²) >= 11 is 0. The molecule has 6 heteroatoms. The first-order valence-electron chi connectivity index (χ1n) is 4.85. The van der Waals surface area contributed by atoms with Crippen molar-refractivity contribution >= 4 is 5.78 Å². The molecule has 0 saturated heterocycles. The number of phenolic OH excluding ortho intramolecular Hbond substituents is 1. The van der Waals surface area contributed by atoms with Gasteiger partial charge in [-0.1, -0.05) is 0 Å². The van der Waals surface area contributed by atoms with E-state index in [2.05, 4.69) is 0 Å². The molecule has 17 heavy (non-hydrogen) atoms. The van der Waals surface area contributed by atoms with E-state index in [1.807, 2.05) is 0 Å². The first-order valence-corrected chi connectivity index (χ1v) is 4.85. The molecular formula is C11H11F3O3. The lowest BCUT2D eigenvalue weighted by atomic mass is 10.1. The Balaban J connectivity index is 3.41. The Morgan fingerprint density at radius 2 is 2.00 bits per heavy atom. The minimum atomic E-state index is -4.62. The fourth-order valence-corrected chi connectivity index (χ4v) is 1.33. The third-order valence-electron chi connectivity index (χ3n) is 2.06. The molecule has 0 aliphatic heterocycles. The zero-order chi connectivity index (χ0) is 13.2. The third kappa shape index (κ3) is 2.89. The van der Waals surface area contributed by atoms with Gasteiger partial charge >= 0.3 is 6.18 Å². The Kier molecular flexibility index (Phi) is 3.65. The van der Waals surface area contributed by atoms with Crippen LogP contribution in [-0.2, 0) is 6.18 Å². The predicted octanol–water partition coefficient (Wildman–Crippen LogP) is 3.01. The first kappa shape index (κ1) is 13.3. The summed E-state index contributed by atoms with van der Waals surface area (Å²) in [5, 5.41) is 9.44. The number of carbonyl (C=O) groups excluding carboxylic acids is 1. The van der Waals surface area contributed by atoms with Gasteiger partial charge in [-0.05, 0) is 26.0 Å². The van der Waals surface area contributed by atoms with Gasteiger partial charge in [-0.2, -0.15) is 13.2 Å². The number of phenols is 1. The summed E-state index contributed by atoms with van der Waals surface area (Å²) in [5.41, 5.74) is -1.36. The largest absolute Gasteiger partial charge is 0.504 e. The summed E-state index contributed by atoms with van der Waals surface area (Å²) in [6, 6.07) is 1.21. The maximum atomic E-state index is 12.5. The highest BCUT2D eigenvalue weighted by atomic mass is 19.4. The Morgan fingerprint density at radius 3 is 2.41 bits per heavy atom. The molecule has 3 nitrogen and oxygen atoms in total. The normalized spacial score (nSPS) is 11.4. The number of carbonyl (C=O) groups is 1. The molecule has 0 heterocycles. The second-order valence-electron chi connectivity index (χ2n) is 3.36. The fourth-order valence-electron chi connectivity index (χ4n) is 1.33. The number of hydrogen-bond donors (Lipinski definition) is 1. The van der Waals surface area contributed by atoms with Crippen LogP contribution >= 0.6 is 0 Å². The van der Waals surface area contributed by atoms with E-state index >= 15 is 0 Å². The van der Waals surface area contributed by atoms with Crippen molar-refractivity contribution in [2.24, 2.45) is 0 Å². The van der Waals surface area contributed by atoms with Gasteiger partial charge in [0.05, 0.1) is 17.7 Å². The average molecular weight is 248 g/mol. The number of halogens is 3. The third-order valence-corrected chi connectivity index (χ3v) is 2.06. The molecule has 0 radical (unpaired) electrons. The minimum absolute atomic E-state index is 0.138. The summed E-state index contributed by atoms with van der Waals surface area (Å²) in [6.07, 6.45) is -4.62. The van der Waals surface area contributed by atoms with Crippen LogP contribution in [0.2, 0.25) is 0 Å². The number of ketones is 1. The van der Waals surface area contributed by atoms with Gasteiger partial charge < -0.3 is 9.84 Å². The van der Waals surface area contributed by atoms with Crippen molar-refractivity contribution in [1.82, 2.24) is 0 Å². The average Bonchev–Trinajstić information content (AvgIpc) is 2.18. The first-order chi connectivity index (χ1) is 7.77. The number of ether oxygens (including phenoxy) is 1. The number of benzene rings is 1. The Labute approximate surface area is 95.8 Å².